The number of anilines is 2. The molecular formula is C33H43F3N6O3. The smallest absolute Gasteiger partial charge is 0.433 e. The quantitative estimate of drug-likeness (QED) is 0.397. The number of nitrogen functional groups attached to an aromatic ring is 1. The molecular weight excluding hydrogens is 585 g/mol. The fraction of sp³-hybridized carbons (Fsp3) is 0.606. The molecule has 1 saturated carbocycles. The van der Waals surface area contributed by atoms with Crippen LogP contribution in [0, 0.1) is 11.8 Å². The van der Waals surface area contributed by atoms with Gasteiger partial charge in [0.05, 0.1) is 6.54 Å². The highest BCUT2D eigenvalue weighted by Gasteiger charge is 2.47. The molecule has 3 N–H and O–H groups in total. The van der Waals surface area contributed by atoms with Gasteiger partial charge in [-0.25, -0.2) is 4.79 Å². The maximum Gasteiger partial charge on any atom is 0.433 e. The number of pyridine rings is 1. The predicted molar refractivity (Wildman–Crippen MR) is 164 cm³/mol. The summed E-state index contributed by atoms with van der Waals surface area (Å²) in [5.74, 6) is 0.695. The van der Waals surface area contributed by atoms with Gasteiger partial charge in [0.25, 0.3) is 0 Å². The molecule has 12 heteroatoms. The van der Waals surface area contributed by atoms with Crippen LogP contribution in [0.4, 0.5) is 29.3 Å². The SMILES string of the molecule is Nc1ccc(NC2CCN(C(=O)[C@H]3CC[C@H](CN4CC5(CCN(Cc6ccc(C(F)(F)F)nc6)CC5)OC4=O)CC3)CC2)cc1. The Morgan fingerprint density at radius 2 is 1.67 bits per heavy atom. The molecule has 6 rings (SSSR count). The van der Waals surface area contributed by atoms with Gasteiger partial charge in [-0.15, -0.1) is 0 Å². The Labute approximate surface area is 262 Å². The van der Waals surface area contributed by atoms with E-state index in [2.05, 4.69) is 15.2 Å². The van der Waals surface area contributed by atoms with Crippen molar-refractivity contribution in [1.82, 2.24) is 19.7 Å². The van der Waals surface area contributed by atoms with Crippen LogP contribution in [0.3, 0.4) is 0 Å². The number of rotatable bonds is 7. The van der Waals surface area contributed by atoms with Gasteiger partial charge in [-0.1, -0.05) is 6.07 Å². The van der Waals surface area contributed by atoms with E-state index in [9.17, 15) is 22.8 Å². The number of hydrogen-bond acceptors (Lipinski definition) is 7. The molecule has 2 amide bonds. The lowest BCUT2D eigenvalue weighted by Crippen LogP contribution is -2.47. The number of alkyl halides is 3. The van der Waals surface area contributed by atoms with Gasteiger partial charge in [0.1, 0.15) is 11.3 Å². The molecule has 4 aliphatic rings. The summed E-state index contributed by atoms with van der Waals surface area (Å²) in [6.07, 6.45) is 3.38. The summed E-state index contributed by atoms with van der Waals surface area (Å²) in [6.45, 7) is 4.68. The van der Waals surface area contributed by atoms with Crippen molar-refractivity contribution in [2.24, 2.45) is 11.8 Å². The van der Waals surface area contributed by atoms with Crippen molar-refractivity contribution in [2.75, 3.05) is 50.3 Å². The van der Waals surface area contributed by atoms with Gasteiger partial charge < -0.3 is 25.6 Å². The molecule has 2 aromatic rings. The first-order valence-corrected chi connectivity index (χ1v) is 16.2. The lowest BCUT2D eigenvalue weighted by Gasteiger charge is -2.38. The molecule has 9 nitrogen and oxygen atoms in total. The van der Waals surface area contributed by atoms with Gasteiger partial charge in [-0.2, -0.15) is 13.2 Å². The van der Waals surface area contributed by atoms with Gasteiger partial charge >= 0.3 is 12.3 Å². The third kappa shape index (κ3) is 7.65. The first-order chi connectivity index (χ1) is 21.5. The molecule has 0 bridgehead atoms. The van der Waals surface area contributed by atoms with Crippen molar-refractivity contribution in [1.29, 1.82) is 0 Å². The second-order valence-electron chi connectivity index (χ2n) is 13.3. The van der Waals surface area contributed by atoms with Crippen molar-refractivity contribution in [2.45, 2.75) is 75.7 Å². The molecule has 0 atom stereocenters. The molecule has 4 fully saturated rings. The Morgan fingerprint density at radius 3 is 2.29 bits per heavy atom. The van der Waals surface area contributed by atoms with Crippen LogP contribution in [-0.2, 0) is 22.3 Å². The number of nitrogens with one attached hydrogen (secondary N) is 1. The number of benzene rings is 1. The summed E-state index contributed by atoms with van der Waals surface area (Å²) in [6, 6.07) is 10.6. The number of piperidine rings is 2. The molecule has 0 unspecified atom stereocenters. The maximum atomic E-state index is 13.3. The van der Waals surface area contributed by atoms with Crippen molar-refractivity contribution >= 4 is 23.4 Å². The van der Waals surface area contributed by atoms with E-state index in [-0.39, 0.29) is 17.9 Å². The van der Waals surface area contributed by atoms with Crippen LogP contribution in [0.25, 0.3) is 0 Å². The van der Waals surface area contributed by atoms with Gasteiger partial charge in [0.2, 0.25) is 5.91 Å². The Hall–Kier alpha value is -3.54. The fourth-order valence-electron chi connectivity index (χ4n) is 7.38. The number of hydrogen-bond donors (Lipinski definition) is 2. The summed E-state index contributed by atoms with van der Waals surface area (Å²) in [5, 5.41) is 3.56. The average molecular weight is 629 g/mol. The minimum Gasteiger partial charge on any atom is -0.441 e. The minimum absolute atomic E-state index is 0.0592. The number of ether oxygens (including phenoxy) is 1. The number of aromatic nitrogens is 1. The molecule has 3 saturated heterocycles. The van der Waals surface area contributed by atoms with Crippen LogP contribution < -0.4 is 11.1 Å². The highest BCUT2D eigenvalue weighted by Crippen LogP contribution is 2.37. The van der Waals surface area contributed by atoms with Crippen LogP contribution in [0.15, 0.2) is 42.6 Å². The standard InChI is InChI=1S/C33H43F3N6O3/c34-33(35,36)29-10-3-24(19-38-29)20-40-17-13-32(14-18-40)22-42(31(44)45-32)21-23-1-4-25(5-2-23)30(43)41-15-11-28(12-16-41)39-27-8-6-26(37)7-9-27/h3,6-10,19,23,25,28,39H,1-2,4-5,11-18,20-22,37H2/t23-,25-. The van der Waals surface area contributed by atoms with Gasteiger partial charge in [0, 0.05) is 81.6 Å². The number of nitrogens with zero attached hydrogens (tertiary/aromatic N) is 4. The molecule has 1 aromatic heterocycles. The zero-order valence-electron chi connectivity index (χ0n) is 25.6. The molecule has 1 aliphatic carbocycles. The van der Waals surface area contributed by atoms with E-state index in [1.165, 1.54) is 12.3 Å². The highest BCUT2D eigenvalue weighted by atomic mass is 19.4. The van der Waals surface area contributed by atoms with Crippen molar-refractivity contribution in [3.63, 3.8) is 0 Å². The summed E-state index contributed by atoms with van der Waals surface area (Å²) in [5.41, 5.74) is 6.92. The van der Waals surface area contributed by atoms with Gasteiger partial charge in [-0.3, -0.25) is 14.7 Å². The van der Waals surface area contributed by atoms with E-state index in [4.69, 9.17) is 10.5 Å². The number of carbonyl (C=O) groups is 2. The number of nitrogens with two attached hydrogens (primary N) is 1. The van der Waals surface area contributed by atoms with Crippen molar-refractivity contribution < 1.29 is 27.5 Å². The Balaban J connectivity index is 0.905. The van der Waals surface area contributed by atoms with E-state index in [0.717, 1.165) is 74.6 Å². The largest absolute Gasteiger partial charge is 0.441 e. The van der Waals surface area contributed by atoms with E-state index in [0.29, 0.717) is 57.5 Å². The third-order valence-electron chi connectivity index (χ3n) is 10.1. The van der Waals surface area contributed by atoms with Crippen LogP contribution in [0.5, 0.6) is 0 Å². The number of halogens is 3. The van der Waals surface area contributed by atoms with Crippen LogP contribution in [0.2, 0.25) is 0 Å². The molecule has 1 aromatic carbocycles. The van der Waals surface area contributed by atoms with Crippen molar-refractivity contribution in [3.8, 4) is 0 Å². The number of amides is 2. The van der Waals surface area contributed by atoms with E-state index < -0.39 is 17.5 Å². The lowest BCUT2D eigenvalue weighted by molar-refractivity contribution is -0.141. The first kappa shape index (κ1) is 31.4. The molecule has 1 spiro atoms. The molecule has 0 radical (unpaired) electrons. The van der Waals surface area contributed by atoms with Gasteiger partial charge in [0.15, 0.2) is 0 Å². The van der Waals surface area contributed by atoms with E-state index in [1.54, 1.807) is 0 Å². The third-order valence-corrected chi connectivity index (χ3v) is 10.1. The van der Waals surface area contributed by atoms with Crippen LogP contribution >= 0.6 is 0 Å². The molecule has 4 heterocycles. The maximum absolute atomic E-state index is 13.3. The molecule has 244 valence electrons. The second kappa shape index (κ2) is 13.1. The topological polar surface area (TPSA) is 104 Å². The minimum atomic E-state index is -4.44. The zero-order chi connectivity index (χ0) is 31.6. The second-order valence-corrected chi connectivity index (χ2v) is 13.3. The van der Waals surface area contributed by atoms with Crippen LogP contribution in [0.1, 0.15) is 62.6 Å². The summed E-state index contributed by atoms with van der Waals surface area (Å²) in [7, 11) is 0. The number of likely N-dealkylation sites (tertiary alicyclic amines) is 2. The Kier molecular flexibility index (Phi) is 9.12. The molecule has 3 aliphatic heterocycles. The Bertz CT molecular complexity index is 1310. The average Bonchev–Trinajstić information content (AvgIpc) is 3.33. The van der Waals surface area contributed by atoms with Gasteiger partial charge in [-0.05, 0) is 80.3 Å². The zero-order valence-corrected chi connectivity index (χ0v) is 25.6. The highest BCUT2D eigenvalue weighted by molar-refractivity contribution is 5.79. The first-order valence-electron chi connectivity index (χ1n) is 16.2. The summed E-state index contributed by atoms with van der Waals surface area (Å²) >= 11 is 0. The Morgan fingerprint density at radius 1 is 0.978 bits per heavy atom. The number of carbonyl (C=O) groups excluding carboxylic acids is 2. The van der Waals surface area contributed by atoms with E-state index in [1.807, 2.05) is 34.1 Å². The molecule has 45 heavy (non-hydrogen) atoms. The predicted octanol–water partition coefficient (Wildman–Crippen LogP) is 5.38. The summed E-state index contributed by atoms with van der Waals surface area (Å²) in [4.78, 5) is 35.8. The van der Waals surface area contributed by atoms with Crippen molar-refractivity contribution in [3.05, 3.63) is 53.9 Å². The van der Waals surface area contributed by atoms with E-state index >= 15 is 0 Å². The lowest BCUT2D eigenvalue weighted by atomic mass is 9.80. The fourth-order valence-corrected chi connectivity index (χ4v) is 7.38. The monoisotopic (exact) mass is 628 g/mol. The normalized spacial score (nSPS) is 24.6. The summed E-state index contributed by atoms with van der Waals surface area (Å²) < 4.78 is 44.4. The van der Waals surface area contributed by atoms with Crippen LogP contribution in [-0.4, -0.2) is 82.6 Å².